The zero-order valence-electron chi connectivity index (χ0n) is 15.4. The maximum atomic E-state index is 12.1. The quantitative estimate of drug-likeness (QED) is 0.927. The summed E-state index contributed by atoms with van der Waals surface area (Å²) < 4.78 is 0. The molecule has 4 heteroatoms. The van der Waals surface area contributed by atoms with Crippen LogP contribution in [0.15, 0.2) is 12.1 Å². The van der Waals surface area contributed by atoms with E-state index >= 15 is 0 Å². The molecule has 1 heterocycles. The van der Waals surface area contributed by atoms with Crippen molar-refractivity contribution in [3.05, 3.63) is 28.8 Å². The summed E-state index contributed by atoms with van der Waals surface area (Å²) in [6, 6.07) is 4.84. The van der Waals surface area contributed by atoms with Crippen molar-refractivity contribution in [3.63, 3.8) is 0 Å². The van der Waals surface area contributed by atoms with Gasteiger partial charge in [-0.1, -0.05) is 6.07 Å². The third kappa shape index (κ3) is 3.86. The van der Waals surface area contributed by atoms with Crippen molar-refractivity contribution in [2.45, 2.75) is 53.6 Å². The molecule has 1 aliphatic heterocycles. The second kappa shape index (κ2) is 7.35. The van der Waals surface area contributed by atoms with E-state index in [0.29, 0.717) is 0 Å². The normalized spacial score (nSPS) is 16.6. The van der Waals surface area contributed by atoms with Crippen LogP contribution in [0, 0.1) is 13.8 Å². The van der Waals surface area contributed by atoms with Gasteiger partial charge < -0.3 is 15.1 Å². The topological polar surface area (TPSA) is 35.6 Å². The Kier molecular flexibility index (Phi) is 5.69. The van der Waals surface area contributed by atoms with Gasteiger partial charge in [0.15, 0.2) is 0 Å². The zero-order chi connectivity index (χ0) is 17.1. The van der Waals surface area contributed by atoms with Crippen LogP contribution in [0.25, 0.3) is 0 Å². The highest BCUT2D eigenvalue weighted by molar-refractivity contribution is 5.75. The van der Waals surface area contributed by atoms with E-state index in [0.717, 1.165) is 26.2 Å². The number of benzene rings is 1. The summed E-state index contributed by atoms with van der Waals surface area (Å²) in [6.45, 7) is 16.4. The van der Waals surface area contributed by atoms with Gasteiger partial charge in [0.2, 0.25) is 5.91 Å². The molecule has 1 aromatic carbocycles. The lowest BCUT2D eigenvalue weighted by atomic mass is 9.96. The summed E-state index contributed by atoms with van der Waals surface area (Å²) in [5.74, 6) is 0.136. The van der Waals surface area contributed by atoms with Crippen LogP contribution in [0.5, 0.6) is 0 Å². The molecule has 1 atom stereocenters. The Balaban J connectivity index is 2.46. The lowest BCUT2D eigenvalue weighted by molar-refractivity contribution is -0.132. The average Bonchev–Trinajstić information content (AvgIpc) is 2.49. The Morgan fingerprint density at radius 2 is 1.70 bits per heavy atom. The van der Waals surface area contributed by atoms with E-state index in [1.54, 1.807) is 6.92 Å². The molecule has 1 amide bonds. The molecule has 4 nitrogen and oxygen atoms in total. The summed E-state index contributed by atoms with van der Waals surface area (Å²) in [5.41, 5.74) is 5.15. The van der Waals surface area contributed by atoms with Gasteiger partial charge in [-0.15, -0.1) is 0 Å². The minimum Gasteiger partial charge on any atom is -0.369 e. The zero-order valence-corrected chi connectivity index (χ0v) is 15.4. The standard InChI is InChI=1S/C19H31N3O/c1-13(2)22(17(6)23)16(5)18-11-14(3)15(4)12-19(18)21-9-7-20-8-10-21/h11-13,16,20H,7-10H2,1-6H3. The van der Waals surface area contributed by atoms with Crippen LogP contribution in [0.1, 0.15) is 50.4 Å². The molecule has 0 bridgehead atoms. The van der Waals surface area contributed by atoms with Crippen LogP contribution in [0.3, 0.4) is 0 Å². The van der Waals surface area contributed by atoms with Crippen molar-refractivity contribution < 1.29 is 4.79 Å². The van der Waals surface area contributed by atoms with E-state index in [-0.39, 0.29) is 18.0 Å². The number of aryl methyl sites for hydroxylation is 2. The predicted molar refractivity (Wildman–Crippen MR) is 97.1 cm³/mol. The Labute approximate surface area is 140 Å². The van der Waals surface area contributed by atoms with Crippen molar-refractivity contribution in [2.75, 3.05) is 31.1 Å². The van der Waals surface area contributed by atoms with Gasteiger partial charge in [-0.05, 0) is 57.4 Å². The number of hydrogen-bond donors (Lipinski definition) is 1. The number of piperazine rings is 1. The fourth-order valence-corrected chi connectivity index (χ4v) is 3.57. The molecule has 1 fully saturated rings. The van der Waals surface area contributed by atoms with Gasteiger partial charge in [0.25, 0.3) is 0 Å². The molecular formula is C19H31N3O. The van der Waals surface area contributed by atoms with Crippen LogP contribution in [0.2, 0.25) is 0 Å². The Bertz CT molecular complexity index is 562. The van der Waals surface area contributed by atoms with Crippen LogP contribution < -0.4 is 10.2 Å². The van der Waals surface area contributed by atoms with E-state index < -0.39 is 0 Å². The van der Waals surface area contributed by atoms with Crippen molar-refractivity contribution in [2.24, 2.45) is 0 Å². The maximum absolute atomic E-state index is 12.1. The van der Waals surface area contributed by atoms with Crippen molar-refractivity contribution in [1.82, 2.24) is 10.2 Å². The summed E-state index contributed by atoms with van der Waals surface area (Å²) in [5, 5.41) is 3.41. The van der Waals surface area contributed by atoms with Crippen LogP contribution in [-0.2, 0) is 4.79 Å². The molecule has 1 saturated heterocycles. The third-order valence-electron chi connectivity index (χ3n) is 4.89. The van der Waals surface area contributed by atoms with Gasteiger partial charge >= 0.3 is 0 Å². The molecule has 23 heavy (non-hydrogen) atoms. The highest BCUT2D eigenvalue weighted by Gasteiger charge is 2.26. The number of nitrogens with zero attached hydrogens (tertiary/aromatic N) is 2. The number of anilines is 1. The predicted octanol–water partition coefficient (Wildman–Crippen LogP) is 3.03. The Hall–Kier alpha value is -1.55. The fourth-order valence-electron chi connectivity index (χ4n) is 3.57. The van der Waals surface area contributed by atoms with Crippen molar-refractivity contribution >= 4 is 11.6 Å². The summed E-state index contributed by atoms with van der Waals surface area (Å²) in [4.78, 5) is 16.6. The largest absolute Gasteiger partial charge is 0.369 e. The minimum absolute atomic E-state index is 0.0803. The number of carbonyl (C=O) groups is 1. The smallest absolute Gasteiger partial charge is 0.220 e. The van der Waals surface area contributed by atoms with Crippen LogP contribution >= 0.6 is 0 Å². The van der Waals surface area contributed by atoms with E-state index in [1.165, 1.54) is 22.4 Å². The lowest BCUT2D eigenvalue weighted by Gasteiger charge is -2.37. The molecule has 128 valence electrons. The van der Waals surface area contributed by atoms with Gasteiger partial charge in [0, 0.05) is 44.8 Å². The van der Waals surface area contributed by atoms with Gasteiger partial charge in [-0.3, -0.25) is 4.79 Å². The third-order valence-corrected chi connectivity index (χ3v) is 4.89. The highest BCUT2D eigenvalue weighted by atomic mass is 16.2. The summed E-state index contributed by atoms with van der Waals surface area (Å²) >= 11 is 0. The molecule has 0 saturated carbocycles. The fraction of sp³-hybridized carbons (Fsp3) is 0.632. The SMILES string of the molecule is CC(=O)N(C(C)C)C(C)c1cc(C)c(C)cc1N1CCNCC1. The van der Waals surface area contributed by atoms with Gasteiger partial charge in [0.05, 0.1) is 6.04 Å². The first kappa shape index (κ1) is 17.8. The molecular weight excluding hydrogens is 286 g/mol. The summed E-state index contributed by atoms with van der Waals surface area (Å²) in [7, 11) is 0. The summed E-state index contributed by atoms with van der Waals surface area (Å²) in [6.07, 6.45) is 0. The molecule has 0 aromatic heterocycles. The van der Waals surface area contributed by atoms with Gasteiger partial charge in [-0.25, -0.2) is 0 Å². The number of carbonyl (C=O) groups excluding carboxylic acids is 1. The Morgan fingerprint density at radius 1 is 1.13 bits per heavy atom. The van der Waals surface area contributed by atoms with E-state index in [1.807, 2.05) is 4.90 Å². The molecule has 1 aromatic rings. The van der Waals surface area contributed by atoms with Crippen molar-refractivity contribution in [3.8, 4) is 0 Å². The number of hydrogen-bond acceptors (Lipinski definition) is 3. The minimum atomic E-state index is 0.0803. The molecule has 1 N–H and O–H groups in total. The Morgan fingerprint density at radius 3 is 2.22 bits per heavy atom. The molecule has 1 aliphatic rings. The second-order valence-corrected chi connectivity index (χ2v) is 6.93. The van der Waals surface area contributed by atoms with E-state index in [2.05, 4.69) is 57.0 Å². The number of rotatable bonds is 4. The molecule has 0 radical (unpaired) electrons. The monoisotopic (exact) mass is 317 g/mol. The molecule has 0 aliphatic carbocycles. The van der Waals surface area contributed by atoms with Crippen LogP contribution in [-0.4, -0.2) is 43.0 Å². The van der Waals surface area contributed by atoms with E-state index in [9.17, 15) is 4.79 Å². The number of nitrogens with one attached hydrogen (secondary N) is 1. The highest BCUT2D eigenvalue weighted by Crippen LogP contribution is 2.34. The molecule has 1 unspecified atom stereocenters. The number of amides is 1. The van der Waals surface area contributed by atoms with Crippen molar-refractivity contribution in [1.29, 1.82) is 0 Å². The van der Waals surface area contributed by atoms with Gasteiger partial charge in [0.1, 0.15) is 0 Å². The average molecular weight is 317 g/mol. The van der Waals surface area contributed by atoms with Gasteiger partial charge in [-0.2, -0.15) is 0 Å². The molecule has 0 spiro atoms. The first-order valence-electron chi connectivity index (χ1n) is 8.68. The second-order valence-electron chi connectivity index (χ2n) is 6.93. The van der Waals surface area contributed by atoms with Crippen LogP contribution in [0.4, 0.5) is 5.69 Å². The first-order valence-corrected chi connectivity index (χ1v) is 8.68. The first-order chi connectivity index (χ1) is 10.8. The van der Waals surface area contributed by atoms with E-state index in [4.69, 9.17) is 0 Å². The molecule has 2 rings (SSSR count). The maximum Gasteiger partial charge on any atom is 0.220 e. The lowest BCUT2D eigenvalue weighted by Crippen LogP contribution is -2.44.